The van der Waals surface area contributed by atoms with Crippen LogP contribution in [0, 0.1) is 0 Å². The van der Waals surface area contributed by atoms with Crippen molar-refractivity contribution in [2.24, 2.45) is 0 Å². The van der Waals surface area contributed by atoms with E-state index in [0.717, 1.165) is 49.2 Å². The Balaban J connectivity index is 1.21. The highest BCUT2D eigenvalue weighted by atomic mass is 16.5. The van der Waals surface area contributed by atoms with Crippen LogP contribution in [-0.4, -0.2) is 54.7 Å². The molecule has 3 aromatic rings. The maximum Gasteiger partial charge on any atom is 0.411 e. The highest BCUT2D eigenvalue weighted by Crippen LogP contribution is 2.23. The van der Waals surface area contributed by atoms with Gasteiger partial charge in [0, 0.05) is 44.2 Å². The van der Waals surface area contributed by atoms with Crippen LogP contribution in [0.3, 0.4) is 0 Å². The Labute approximate surface area is 178 Å². The number of nitrogens with zero attached hydrogens (tertiary/aromatic N) is 2. The summed E-state index contributed by atoms with van der Waals surface area (Å²) in [5.41, 5.74) is 2.13. The highest BCUT2D eigenvalue weighted by molar-refractivity contribution is 6.00. The molecule has 1 aliphatic rings. The Morgan fingerprint density at radius 3 is 2.60 bits per heavy atom. The lowest BCUT2D eigenvalue weighted by Gasteiger charge is -2.39. The molecule has 5 nitrogen and oxygen atoms in total. The van der Waals surface area contributed by atoms with E-state index in [0.29, 0.717) is 12.6 Å². The molecule has 156 valence electrons. The molecule has 30 heavy (non-hydrogen) atoms. The van der Waals surface area contributed by atoms with E-state index in [1.807, 2.05) is 42.5 Å². The molecule has 0 saturated carbocycles. The Morgan fingerprint density at radius 2 is 1.77 bits per heavy atom. The van der Waals surface area contributed by atoms with E-state index in [2.05, 4.69) is 52.4 Å². The predicted molar refractivity (Wildman–Crippen MR) is 122 cm³/mol. The van der Waals surface area contributed by atoms with Crippen LogP contribution in [0.25, 0.3) is 10.8 Å². The highest BCUT2D eigenvalue weighted by Gasteiger charge is 2.23. The lowest BCUT2D eigenvalue weighted by atomic mass is 10.1. The second-order valence-electron chi connectivity index (χ2n) is 7.89. The average molecular weight is 404 g/mol. The molecule has 0 aromatic heterocycles. The van der Waals surface area contributed by atoms with Gasteiger partial charge in [-0.2, -0.15) is 0 Å². The second-order valence-corrected chi connectivity index (χ2v) is 7.89. The summed E-state index contributed by atoms with van der Waals surface area (Å²) in [7, 11) is 0. The fourth-order valence-electron chi connectivity index (χ4n) is 4.07. The van der Waals surface area contributed by atoms with Gasteiger partial charge in [-0.3, -0.25) is 15.1 Å². The number of piperazine rings is 1. The first-order valence-corrected chi connectivity index (χ1v) is 10.6. The molecule has 1 unspecified atom stereocenters. The van der Waals surface area contributed by atoms with Gasteiger partial charge < -0.3 is 4.74 Å². The molecule has 4 rings (SSSR count). The van der Waals surface area contributed by atoms with Gasteiger partial charge in [-0.25, -0.2) is 4.79 Å². The van der Waals surface area contributed by atoms with Crippen LogP contribution in [0.1, 0.15) is 12.5 Å². The minimum atomic E-state index is -0.401. The Kier molecular flexibility index (Phi) is 6.62. The van der Waals surface area contributed by atoms with E-state index in [4.69, 9.17) is 4.74 Å². The summed E-state index contributed by atoms with van der Waals surface area (Å²) in [6, 6.07) is 24.9. The summed E-state index contributed by atoms with van der Waals surface area (Å²) in [4.78, 5) is 17.1. The van der Waals surface area contributed by atoms with E-state index in [-0.39, 0.29) is 0 Å². The van der Waals surface area contributed by atoms with Gasteiger partial charge >= 0.3 is 6.09 Å². The third kappa shape index (κ3) is 5.17. The minimum Gasteiger partial charge on any atom is -0.448 e. The smallest absolute Gasteiger partial charge is 0.411 e. The number of hydrogen-bond donors (Lipinski definition) is 1. The predicted octanol–water partition coefficient (Wildman–Crippen LogP) is 4.59. The molecule has 0 spiro atoms. The zero-order valence-corrected chi connectivity index (χ0v) is 17.5. The molecule has 1 N–H and O–H groups in total. The fourth-order valence-corrected chi connectivity index (χ4v) is 4.07. The van der Waals surface area contributed by atoms with Crippen LogP contribution in [0.15, 0.2) is 72.8 Å². The van der Waals surface area contributed by atoms with E-state index in [9.17, 15) is 4.79 Å². The Hall–Kier alpha value is -2.89. The second kappa shape index (κ2) is 9.74. The minimum absolute atomic E-state index is 0.391. The fraction of sp³-hybridized carbons (Fsp3) is 0.320. The summed E-state index contributed by atoms with van der Waals surface area (Å²) < 4.78 is 5.45. The SMILES string of the molecule is CC1CN(CCOC(=O)Nc2cccc3ccccc23)CCN1Cc1ccccc1. The number of rotatable bonds is 6. The maximum absolute atomic E-state index is 12.3. The van der Waals surface area contributed by atoms with E-state index < -0.39 is 6.09 Å². The summed E-state index contributed by atoms with van der Waals surface area (Å²) in [6.07, 6.45) is -0.401. The molecule has 0 radical (unpaired) electrons. The Bertz CT molecular complexity index is 971. The first-order chi connectivity index (χ1) is 14.7. The largest absolute Gasteiger partial charge is 0.448 e. The molecular formula is C25H29N3O2. The van der Waals surface area contributed by atoms with Crippen LogP contribution in [0.5, 0.6) is 0 Å². The molecule has 1 saturated heterocycles. The maximum atomic E-state index is 12.3. The van der Waals surface area contributed by atoms with Gasteiger partial charge in [-0.15, -0.1) is 0 Å². The molecule has 1 atom stereocenters. The number of anilines is 1. The quantitative estimate of drug-likeness (QED) is 0.654. The van der Waals surface area contributed by atoms with Crippen molar-refractivity contribution in [3.63, 3.8) is 0 Å². The first-order valence-electron chi connectivity index (χ1n) is 10.6. The van der Waals surface area contributed by atoms with Crippen molar-refractivity contribution in [1.29, 1.82) is 0 Å². The van der Waals surface area contributed by atoms with Crippen molar-refractivity contribution in [3.05, 3.63) is 78.4 Å². The van der Waals surface area contributed by atoms with Crippen molar-refractivity contribution in [3.8, 4) is 0 Å². The number of ether oxygens (including phenoxy) is 1. The topological polar surface area (TPSA) is 44.8 Å². The number of amides is 1. The first kappa shape index (κ1) is 20.4. The molecule has 0 aliphatic carbocycles. The summed E-state index contributed by atoms with van der Waals surface area (Å²) in [5, 5.41) is 4.99. The molecular weight excluding hydrogens is 374 g/mol. The van der Waals surface area contributed by atoms with Crippen molar-refractivity contribution < 1.29 is 9.53 Å². The number of benzene rings is 3. The average Bonchev–Trinajstić information content (AvgIpc) is 2.77. The molecule has 1 fully saturated rings. The third-order valence-electron chi connectivity index (χ3n) is 5.74. The lowest BCUT2D eigenvalue weighted by Crippen LogP contribution is -2.52. The number of carbonyl (C=O) groups excluding carboxylic acids is 1. The molecule has 5 heteroatoms. The van der Waals surface area contributed by atoms with Gasteiger partial charge in [0.05, 0.1) is 5.69 Å². The zero-order valence-electron chi connectivity index (χ0n) is 17.5. The van der Waals surface area contributed by atoms with Gasteiger partial charge in [0.15, 0.2) is 0 Å². The van der Waals surface area contributed by atoms with Crippen LogP contribution in [-0.2, 0) is 11.3 Å². The van der Waals surface area contributed by atoms with Crippen molar-refractivity contribution in [1.82, 2.24) is 9.80 Å². The molecule has 0 bridgehead atoms. The van der Waals surface area contributed by atoms with Crippen LogP contribution >= 0.6 is 0 Å². The molecule has 3 aromatic carbocycles. The van der Waals surface area contributed by atoms with Crippen molar-refractivity contribution in [2.75, 3.05) is 38.1 Å². The summed E-state index contributed by atoms with van der Waals surface area (Å²) in [6.45, 7) is 7.41. The normalized spacial score (nSPS) is 17.7. The molecule has 1 amide bonds. The number of hydrogen-bond acceptors (Lipinski definition) is 4. The summed E-state index contributed by atoms with van der Waals surface area (Å²) >= 11 is 0. The standard InChI is InChI=1S/C25H29N3O2/c1-20-18-27(14-15-28(20)19-21-8-3-2-4-9-21)16-17-30-25(29)26-24-13-7-11-22-10-5-6-12-23(22)24/h2-13,20H,14-19H2,1H3,(H,26,29). The van der Waals surface area contributed by atoms with Crippen LogP contribution < -0.4 is 5.32 Å². The van der Waals surface area contributed by atoms with Gasteiger partial charge in [0.25, 0.3) is 0 Å². The Morgan fingerprint density at radius 1 is 1.00 bits per heavy atom. The molecule has 1 aliphatic heterocycles. The molecule has 1 heterocycles. The zero-order chi connectivity index (χ0) is 20.8. The van der Waals surface area contributed by atoms with Gasteiger partial charge in [0.1, 0.15) is 6.61 Å². The number of fused-ring (bicyclic) bond motifs is 1. The van der Waals surface area contributed by atoms with Crippen molar-refractivity contribution >= 4 is 22.6 Å². The monoisotopic (exact) mass is 403 g/mol. The van der Waals surface area contributed by atoms with E-state index in [1.54, 1.807) is 0 Å². The van der Waals surface area contributed by atoms with E-state index >= 15 is 0 Å². The van der Waals surface area contributed by atoms with Crippen LogP contribution in [0.2, 0.25) is 0 Å². The van der Waals surface area contributed by atoms with Gasteiger partial charge in [0.2, 0.25) is 0 Å². The third-order valence-corrected chi connectivity index (χ3v) is 5.74. The number of nitrogens with one attached hydrogen (secondary N) is 1. The van der Waals surface area contributed by atoms with Crippen LogP contribution in [0.4, 0.5) is 10.5 Å². The van der Waals surface area contributed by atoms with Gasteiger partial charge in [-0.1, -0.05) is 66.7 Å². The summed E-state index contributed by atoms with van der Waals surface area (Å²) in [5.74, 6) is 0. The van der Waals surface area contributed by atoms with Crippen molar-refractivity contribution in [2.45, 2.75) is 19.5 Å². The van der Waals surface area contributed by atoms with Gasteiger partial charge in [-0.05, 0) is 23.9 Å². The lowest BCUT2D eigenvalue weighted by molar-refractivity contribution is 0.0625. The number of carbonyl (C=O) groups is 1. The van der Waals surface area contributed by atoms with E-state index in [1.165, 1.54) is 5.56 Å².